The number of hydrogen-bond acceptors (Lipinski definition) is 3. The molecule has 0 bridgehead atoms. The number of benzene rings is 1. The van der Waals surface area contributed by atoms with Gasteiger partial charge in [-0.1, -0.05) is 18.2 Å². The molecular weight excluding hydrogens is 195 g/mol. The van der Waals surface area contributed by atoms with E-state index in [9.17, 15) is 4.39 Å². The molecule has 2 rings (SSSR count). The molecule has 1 aromatic rings. The zero-order valence-corrected chi connectivity index (χ0v) is 8.32. The Kier molecular flexibility index (Phi) is 2.97. The molecule has 1 aliphatic heterocycles. The van der Waals surface area contributed by atoms with Crippen molar-refractivity contribution in [3.05, 3.63) is 35.6 Å². The Balaban J connectivity index is 2.17. The lowest BCUT2D eigenvalue weighted by atomic mass is 10.1. The Bertz CT molecular complexity index is 379. The molecule has 15 heavy (non-hydrogen) atoms. The number of halogens is 1. The predicted molar refractivity (Wildman–Crippen MR) is 56.2 cm³/mol. The molecule has 0 saturated carbocycles. The summed E-state index contributed by atoms with van der Waals surface area (Å²) < 4.78 is 18.7. The van der Waals surface area contributed by atoms with Crippen molar-refractivity contribution in [2.24, 2.45) is 10.7 Å². The van der Waals surface area contributed by atoms with Crippen LogP contribution in [-0.4, -0.2) is 19.0 Å². The van der Waals surface area contributed by atoms with Crippen molar-refractivity contribution < 1.29 is 9.13 Å². The highest BCUT2D eigenvalue weighted by Crippen LogP contribution is 2.25. The van der Waals surface area contributed by atoms with Crippen molar-refractivity contribution in [3.63, 3.8) is 0 Å². The fourth-order valence-corrected chi connectivity index (χ4v) is 1.59. The first-order chi connectivity index (χ1) is 7.31. The van der Waals surface area contributed by atoms with Gasteiger partial charge < -0.3 is 10.5 Å². The maximum Gasteiger partial charge on any atom is 0.185 e. The van der Waals surface area contributed by atoms with Crippen LogP contribution < -0.4 is 5.73 Å². The molecule has 80 valence electrons. The van der Waals surface area contributed by atoms with E-state index in [1.165, 1.54) is 6.07 Å². The second-order valence-corrected chi connectivity index (χ2v) is 3.41. The third kappa shape index (κ3) is 2.15. The van der Waals surface area contributed by atoms with Crippen LogP contribution in [-0.2, 0) is 4.74 Å². The molecule has 1 aromatic carbocycles. The molecule has 0 spiro atoms. The molecule has 1 atom stereocenters. The molecular formula is C11H13FN2O. The maximum atomic E-state index is 13.4. The van der Waals surface area contributed by atoms with E-state index in [-0.39, 0.29) is 11.9 Å². The zero-order valence-electron chi connectivity index (χ0n) is 8.32. The molecule has 0 fully saturated rings. The summed E-state index contributed by atoms with van der Waals surface area (Å²) in [5, 5.41) is 0. The van der Waals surface area contributed by atoms with Crippen molar-refractivity contribution in [1.82, 2.24) is 0 Å². The Morgan fingerprint density at radius 1 is 1.47 bits per heavy atom. The summed E-state index contributed by atoms with van der Waals surface area (Å²) in [5.41, 5.74) is 5.97. The van der Waals surface area contributed by atoms with Crippen LogP contribution in [0.5, 0.6) is 0 Å². The van der Waals surface area contributed by atoms with Crippen LogP contribution in [0.1, 0.15) is 18.0 Å². The molecule has 0 saturated heterocycles. The van der Waals surface area contributed by atoms with E-state index in [0.717, 1.165) is 0 Å². The van der Waals surface area contributed by atoms with Crippen molar-refractivity contribution in [1.29, 1.82) is 0 Å². The van der Waals surface area contributed by atoms with Crippen LogP contribution in [0.3, 0.4) is 0 Å². The molecule has 1 unspecified atom stereocenters. The summed E-state index contributed by atoms with van der Waals surface area (Å²) in [4.78, 5) is 4.28. The lowest BCUT2D eigenvalue weighted by Crippen LogP contribution is -2.07. The largest absolute Gasteiger partial charge is 0.478 e. The fraction of sp³-hybridized carbons (Fsp3) is 0.364. The van der Waals surface area contributed by atoms with Crippen molar-refractivity contribution in [2.45, 2.75) is 12.5 Å². The molecule has 0 aliphatic carbocycles. The van der Waals surface area contributed by atoms with Gasteiger partial charge in [-0.3, -0.25) is 0 Å². The third-order valence-electron chi connectivity index (χ3n) is 2.33. The predicted octanol–water partition coefficient (Wildman–Crippen LogP) is 1.64. The van der Waals surface area contributed by atoms with Crippen molar-refractivity contribution in [3.8, 4) is 0 Å². The van der Waals surface area contributed by atoms with Gasteiger partial charge in [0, 0.05) is 18.5 Å². The minimum Gasteiger partial charge on any atom is -0.478 e. The Morgan fingerprint density at radius 3 is 3.00 bits per heavy atom. The van der Waals surface area contributed by atoms with Gasteiger partial charge in [-0.2, -0.15) is 0 Å². The number of aliphatic imine (C=N–C) groups is 1. The number of ether oxygens (including phenoxy) is 1. The molecule has 1 aliphatic rings. The summed E-state index contributed by atoms with van der Waals surface area (Å²) in [6, 6.07) is 6.42. The first-order valence-electron chi connectivity index (χ1n) is 4.95. The fourth-order valence-electron chi connectivity index (χ4n) is 1.59. The normalized spacial score (nSPS) is 19.9. The molecule has 1 heterocycles. The van der Waals surface area contributed by atoms with E-state index in [4.69, 9.17) is 10.5 Å². The topological polar surface area (TPSA) is 47.6 Å². The van der Waals surface area contributed by atoms with Gasteiger partial charge in [0.15, 0.2) is 5.90 Å². The van der Waals surface area contributed by atoms with Crippen LogP contribution in [0.25, 0.3) is 0 Å². The highest BCUT2D eigenvalue weighted by molar-refractivity contribution is 5.78. The van der Waals surface area contributed by atoms with Crippen molar-refractivity contribution >= 4 is 5.90 Å². The lowest BCUT2D eigenvalue weighted by Gasteiger charge is -2.05. The zero-order chi connectivity index (χ0) is 10.7. The SMILES string of the molecule is NCCC1=NC(c2ccccc2F)CO1. The van der Waals surface area contributed by atoms with Crippen LogP contribution in [0.15, 0.2) is 29.3 Å². The average molecular weight is 208 g/mol. The minimum atomic E-state index is -0.233. The molecule has 0 radical (unpaired) electrons. The van der Waals surface area contributed by atoms with Crippen LogP contribution >= 0.6 is 0 Å². The Morgan fingerprint density at radius 2 is 2.27 bits per heavy atom. The van der Waals surface area contributed by atoms with Crippen LogP contribution in [0.2, 0.25) is 0 Å². The summed E-state index contributed by atoms with van der Waals surface area (Å²) in [7, 11) is 0. The van der Waals surface area contributed by atoms with Crippen molar-refractivity contribution in [2.75, 3.05) is 13.2 Å². The Hall–Kier alpha value is -1.42. The van der Waals surface area contributed by atoms with E-state index < -0.39 is 0 Å². The third-order valence-corrected chi connectivity index (χ3v) is 2.33. The minimum absolute atomic E-state index is 0.215. The summed E-state index contributed by atoms with van der Waals surface area (Å²) in [6.07, 6.45) is 0.616. The van der Waals surface area contributed by atoms with E-state index in [1.807, 2.05) is 0 Å². The average Bonchev–Trinajstić information content (AvgIpc) is 2.68. The summed E-state index contributed by atoms with van der Waals surface area (Å²) in [5.74, 6) is 0.398. The van der Waals surface area contributed by atoms with Gasteiger partial charge in [0.25, 0.3) is 0 Å². The molecule has 0 aromatic heterocycles. The highest BCUT2D eigenvalue weighted by atomic mass is 19.1. The highest BCUT2D eigenvalue weighted by Gasteiger charge is 2.22. The second kappa shape index (κ2) is 4.40. The van der Waals surface area contributed by atoms with Gasteiger partial charge in [-0.15, -0.1) is 0 Å². The van der Waals surface area contributed by atoms with E-state index >= 15 is 0 Å². The van der Waals surface area contributed by atoms with Gasteiger partial charge in [0.1, 0.15) is 18.5 Å². The first kappa shape index (κ1) is 10.1. The number of nitrogens with zero attached hydrogens (tertiary/aromatic N) is 1. The van der Waals surface area contributed by atoms with Gasteiger partial charge in [-0.25, -0.2) is 9.38 Å². The number of rotatable bonds is 3. The Labute approximate surface area is 87.8 Å². The lowest BCUT2D eigenvalue weighted by molar-refractivity contribution is 0.309. The monoisotopic (exact) mass is 208 g/mol. The van der Waals surface area contributed by atoms with Gasteiger partial charge in [-0.05, 0) is 6.07 Å². The smallest absolute Gasteiger partial charge is 0.185 e. The second-order valence-electron chi connectivity index (χ2n) is 3.41. The van der Waals surface area contributed by atoms with Gasteiger partial charge >= 0.3 is 0 Å². The van der Waals surface area contributed by atoms with Crippen LogP contribution in [0, 0.1) is 5.82 Å². The molecule has 2 N–H and O–H groups in total. The van der Waals surface area contributed by atoms with E-state index in [1.54, 1.807) is 18.2 Å². The number of nitrogens with two attached hydrogens (primary N) is 1. The van der Waals surface area contributed by atoms with E-state index in [0.29, 0.717) is 31.0 Å². The molecule has 3 nitrogen and oxygen atoms in total. The first-order valence-corrected chi connectivity index (χ1v) is 4.95. The summed E-state index contributed by atoms with van der Waals surface area (Å²) in [6.45, 7) is 0.916. The van der Waals surface area contributed by atoms with Crippen LogP contribution in [0.4, 0.5) is 4.39 Å². The quantitative estimate of drug-likeness (QED) is 0.820. The summed E-state index contributed by atoms with van der Waals surface area (Å²) >= 11 is 0. The maximum absolute atomic E-state index is 13.4. The van der Waals surface area contributed by atoms with Gasteiger partial charge in [0.05, 0.1) is 0 Å². The molecule has 4 heteroatoms. The van der Waals surface area contributed by atoms with E-state index in [2.05, 4.69) is 4.99 Å². The standard InChI is InChI=1S/C11H13FN2O/c12-9-4-2-1-3-8(9)10-7-15-11(14-10)5-6-13/h1-4,10H,5-7,13H2. The number of hydrogen-bond donors (Lipinski definition) is 1. The molecule has 0 amide bonds. The van der Waals surface area contributed by atoms with Gasteiger partial charge in [0.2, 0.25) is 0 Å².